The number of para-hydroxylation sites is 1. The first-order chi connectivity index (χ1) is 16.8. The number of ether oxygens (including phenoxy) is 1. The van der Waals surface area contributed by atoms with Gasteiger partial charge in [0.25, 0.3) is 0 Å². The van der Waals surface area contributed by atoms with Crippen LogP contribution in [0, 0.1) is 23.8 Å². The summed E-state index contributed by atoms with van der Waals surface area (Å²) in [5.74, 6) is 2.02. The molecule has 0 saturated heterocycles. The van der Waals surface area contributed by atoms with Gasteiger partial charge in [0.2, 0.25) is 5.88 Å². The first-order valence-corrected chi connectivity index (χ1v) is 12.8. The number of carbonyl (C=O) groups is 1. The number of hydrogen-bond donors (Lipinski definition) is 1. The Bertz CT molecular complexity index is 1200. The predicted molar refractivity (Wildman–Crippen MR) is 150 cm³/mol. The standard InChI is InChI=1S/C19H18NO.C13H24O2.Ir/c1-13(2)17-12-15-9-10-20-19(18(15)11-14(17)3)21-16-7-5-4-6-8-16;1-7-12(3,4)10(14)9-11(15)13(5,6)8-2;/h4-7,9-13H,1-3H3;9,14H,7-8H2,1-6H3;/q-1;;/b;10-9-;. The quantitative estimate of drug-likeness (QED) is 0.147. The van der Waals surface area contributed by atoms with Gasteiger partial charge in [0, 0.05) is 54.3 Å². The summed E-state index contributed by atoms with van der Waals surface area (Å²) in [7, 11) is 0. The number of aliphatic hydroxyl groups excluding tert-OH is 1. The van der Waals surface area contributed by atoms with Crippen LogP contribution in [0.15, 0.2) is 60.5 Å². The van der Waals surface area contributed by atoms with E-state index in [4.69, 9.17) is 4.74 Å². The fourth-order valence-electron chi connectivity index (χ4n) is 3.44. The van der Waals surface area contributed by atoms with E-state index in [1.807, 2.05) is 71.9 Å². The monoisotopic (exact) mass is 681 g/mol. The molecular weight excluding hydrogens is 639 g/mol. The van der Waals surface area contributed by atoms with Crippen LogP contribution in [0.1, 0.15) is 85.3 Å². The molecule has 0 atom stereocenters. The zero-order chi connectivity index (χ0) is 27.1. The van der Waals surface area contributed by atoms with Gasteiger partial charge >= 0.3 is 0 Å². The number of aromatic nitrogens is 1. The second-order valence-corrected chi connectivity index (χ2v) is 10.9. The molecule has 0 aliphatic heterocycles. The van der Waals surface area contributed by atoms with Gasteiger partial charge in [-0.25, -0.2) is 4.98 Å². The molecule has 37 heavy (non-hydrogen) atoms. The first kappa shape index (κ1) is 32.5. The van der Waals surface area contributed by atoms with Gasteiger partial charge in [0.15, 0.2) is 5.78 Å². The molecule has 0 bridgehead atoms. The summed E-state index contributed by atoms with van der Waals surface area (Å²) < 4.78 is 5.88. The van der Waals surface area contributed by atoms with Gasteiger partial charge in [-0.05, 0) is 54.3 Å². The summed E-state index contributed by atoms with van der Waals surface area (Å²) in [6.45, 7) is 18.2. The number of hydrogen-bond acceptors (Lipinski definition) is 4. The van der Waals surface area contributed by atoms with E-state index in [2.05, 4.69) is 44.0 Å². The van der Waals surface area contributed by atoms with Crippen molar-refractivity contribution in [2.45, 2.75) is 81.1 Å². The Hall–Kier alpha value is -2.49. The Morgan fingerprint density at radius 2 is 1.73 bits per heavy atom. The van der Waals surface area contributed by atoms with E-state index in [0.717, 1.165) is 23.6 Å². The van der Waals surface area contributed by atoms with Crippen molar-refractivity contribution in [2.24, 2.45) is 10.8 Å². The predicted octanol–water partition coefficient (Wildman–Crippen LogP) is 9.13. The van der Waals surface area contributed by atoms with Crippen LogP contribution in [0.4, 0.5) is 0 Å². The molecule has 1 heterocycles. The van der Waals surface area contributed by atoms with E-state index in [1.54, 1.807) is 6.20 Å². The largest absolute Gasteiger partial charge is 0.512 e. The average molecular weight is 681 g/mol. The number of rotatable bonds is 8. The van der Waals surface area contributed by atoms with E-state index < -0.39 is 0 Å². The van der Waals surface area contributed by atoms with Crippen molar-refractivity contribution in [2.75, 3.05) is 0 Å². The number of nitrogens with zero attached hydrogens (tertiary/aromatic N) is 1. The average Bonchev–Trinajstić information content (AvgIpc) is 2.84. The number of benzene rings is 2. The van der Waals surface area contributed by atoms with Crippen molar-refractivity contribution in [1.29, 1.82) is 0 Å². The fourth-order valence-corrected chi connectivity index (χ4v) is 3.44. The molecule has 0 spiro atoms. The molecule has 4 nitrogen and oxygen atoms in total. The third-order valence-electron chi connectivity index (χ3n) is 7.02. The normalized spacial score (nSPS) is 12.0. The number of carbonyl (C=O) groups excluding carboxylic acids is 1. The zero-order valence-corrected chi connectivity index (χ0v) is 26.1. The smallest absolute Gasteiger partial charge is 0.224 e. The van der Waals surface area contributed by atoms with Crippen LogP contribution in [-0.4, -0.2) is 15.9 Å². The fraction of sp³-hybridized carbons (Fsp3) is 0.438. The van der Waals surface area contributed by atoms with Crippen LogP contribution in [0.25, 0.3) is 10.8 Å². The number of fused-ring (bicyclic) bond motifs is 1. The van der Waals surface area contributed by atoms with Crippen LogP contribution in [0.3, 0.4) is 0 Å². The summed E-state index contributed by atoms with van der Waals surface area (Å²) in [6.07, 6.45) is 4.78. The zero-order valence-electron chi connectivity index (χ0n) is 23.7. The van der Waals surface area contributed by atoms with Crippen molar-refractivity contribution >= 4 is 16.6 Å². The maximum absolute atomic E-state index is 11.8. The number of aliphatic hydroxyl groups is 1. The van der Waals surface area contributed by atoms with Crippen LogP contribution in [0.2, 0.25) is 0 Å². The summed E-state index contributed by atoms with van der Waals surface area (Å²) in [5.41, 5.74) is 1.95. The minimum absolute atomic E-state index is 0. The van der Waals surface area contributed by atoms with Crippen LogP contribution >= 0.6 is 0 Å². The van der Waals surface area contributed by atoms with Crippen molar-refractivity contribution in [3.05, 3.63) is 77.7 Å². The molecule has 1 aromatic heterocycles. The molecule has 0 aliphatic rings. The van der Waals surface area contributed by atoms with Gasteiger partial charge < -0.3 is 9.84 Å². The van der Waals surface area contributed by atoms with Crippen molar-refractivity contribution < 1.29 is 34.7 Å². The summed E-state index contributed by atoms with van der Waals surface area (Å²) >= 11 is 0. The summed E-state index contributed by atoms with van der Waals surface area (Å²) in [6, 6.07) is 17.1. The van der Waals surface area contributed by atoms with E-state index in [9.17, 15) is 9.90 Å². The summed E-state index contributed by atoms with van der Waals surface area (Å²) in [5, 5.41) is 12.0. The van der Waals surface area contributed by atoms with Gasteiger partial charge in [0.05, 0.1) is 0 Å². The topological polar surface area (TPSA) is 59.4 Å². The molecular formula is C32H42IrNO3-. The molecule has 1 N–H and O–H groups in total. The Morgan fingerprint density at radius 1 is 1.08 bits per heavy atom. The minimum Gasteiger partial charge on any atom is -0.512 e. The van der Waals surface area contributed by atoms with Crippen LogP contribution < -0.4 is 4.74 Å². The van der Waals surface area contributed by atoms with Crippen LogP contribution in [0.5, 0.6) is 11.6 Å². The molecule has 3 aromatic rings. The Balaban J connectivity index is 0.000000384. The van der Waals surface area contributed by atoms with Crippen molar-refractivity contribution in [3.8, 4) is 11.6 Å². The van der Waals surface area contributed by atoms with E-state index in [-0.39, 0.29) is 42.5 Å². The van der Waals surface area contributed by atoms with E-state index in [1.165, 1.54) is 17.2 Å². The molecule has 2 aromatic carbocycles. The Kier molecular flexibility index (Phi) is 12.2. The molecule has 3 rings (SSSR count). The molecule has 0 aliphatic carbocycles. The van der Waals surface area contributed by atoms with Gasteiger partial charge in [-0.1, -0.05) is 61.5 Å². The van der Waals surface area contributed by atoms with Gasteiger partial charge in [-0.2, -0.15) is 18.2 Å². The summed E-state index contributed by atoms with van der Waals surface area (Å²) in [4.78, 5) is 16.2. The van der Waals surface area contributed by atoms with E-state index >= 15 is 0 Å². The Labute approximate surface area is 236 Å². The maximum Gasteiger partial charge on any atom is 0.224 e. The second kappa shape index (κ2) is 13.9. The van der Waals surface area contributed by atoms with Gasteiger partial charge in [0.1, 0.15) is 5.76 Å². The number of allylic oxidation sites excluding steroid dienone is 2. The van der Waals surface area contributed by atoms with Crippen molar-refractivity contribution in [1.82, 2.24) is 4.98 Å². The van der Waals surface area contributed by atoms with Crippen molar-refractivity contribution in [3.63, 3.8) is 0 Å². The number of pyridine rings is 1. The minimum atomic E-state index is -0.377. The number of ketones is 1. The third kappa shape index (κ3) is 8.79. The van der Waals surface area contributed by atoms with Crippen LogP contribution in [-0.2, 0) is 24.9 Å². The molecule has 203 valence electrons. The van der Waals surface area contributed by atoms with Gasteiger partial charge in [-0.15, -0.1) is 12.1 Å². The molecule has 0 amide bonds. The molecule has 0 saturated carbocycles. The van der Waals surface area contributed by atoms with Gasteiger partial charge in [-0.3, -0.25) is 4.79 Å². The SMILES string of the molecule is CCC(C)(C)C(=O)/C=C(\O)C(C)(C)CC.Cc1cc2c(Oc3[c-]cccc3)nccc2cc1C(C)C.[Ir]. The Morgan fingerprint density at radius 3 is 2.27 bits per heavy atom. The maximum atomic E-state index is 11.8. The third-order valence-corrected chi connectivity index (χ3v) is 7.02. The molecule has 5 heteroatoms. The molecule has 0 fully saturated rings. The number of aryl methyl sites for hydroxylation is 1. The molecule has 1 radical (unpaired) electrons. The van der Waals surface area contributed by atoms with E-state index in [0.29, 0.717) is 17.5 Å². The second-order valence-electron chi connectivity index (χ2n) is 10.9. The first-order valence-electron chi connectivity index (χ1n) is 12.8. The molecule has 0 unspecified atom stereocenters.